The van der Waals surface area contributed by atoms with Gasteiger partial charge in [0, 0.05) is 25.1 Å². The van der Waals surface area contributed by atoms with Crippen LogP contribution in [0.1, 0.15) is 46.3 Å². The lowest BCUT2D eigenvalue weighted by atomic mass is 9.87. The van der Waals surface area contributed by atoms with Gasteiger partial charge in [0.25, 0.3) is 5.56 Å². The van der Waals surface area contributed by atoms with Crippen LogP contribution in [0.3, 0.4) is 0 Å². The van der Waals surface area contributed by atoms with Crippen molar-refractivity contribution in [2.75, 3.05) is 27.1 Å². The fourth-order valence-corrected chi connectivity index (χ4v) is 4.22. The monoisotopic (exact) mass is 526 g/mol. The minimum absolute atomic E-state index is 0.0339. The van der Waals surface area contributed by atoms with Crippen LogP contribution < -0.4 is 25.1 Å². The Labute approximate surface area is 217 Å². The Kier molecular flexibility index (Phi) is 8.15. The van der Waals surface area contributed by atoms with Gasteiger partial charge in [-0.1, -0.05) is 12.1 Å². The summed E-state index contributed by atoms with van der Waals surface area (Å²) in [5.74, 6) is -2.16. The molecule has 1 aromatic heterocycles. The van der Waals surface area contributed by atoms with Crippen LogP contribution in [-0.2, 0) is 16.0 Å². The van der Waals surface area contributed by atoms with Gasteiger partial charge in [-0.15, -0.1) is 0 Å². The number of nitrogens with one attached hydrogen (secondary N) is 2. The molecule has 0 spiro atoms. The number of carbonyl (C=O) groups excluding carboxylic acids is 2. The van der Waals surface area contributed by atoms with Crippen molar-refractivity contribution in [3.63, 3.8) is 0 Å². The van der Waals surface area contributed by atoms with Crippen molar-refractivity contribution in [3.8, 4) is 23.0 Å². The zero-order valence-corrected chi connectivity index (χ0v) is 20.8. The molecule has 200 valence electrons. The number of fused-ring (bicyclic) bond motifs is 1. The number of hydrogen-bond donors (Lipinski definition) is 3. The topological polar surface area (TPSA) is 136 Å². The van der Waals surface area contributed by atoms with Crippen molar-refractivity contribution < 1.29 is 38.0 Å². The molecule has 0 radical (unpaired) electrons. The first kappa shape index (κ1) is 26.5. The maximum atomic E-state index is 13.2. The third kappa shape index (κ3) is 5.72. The van der Waals surface area contributed by atoms with Crippen LogP contribution >= 0.6 is 0 Å². The van der Waals surface area contributed by atoms with E-state index in [4.69, 9.17) is 18.9 Å². The lowest BCUT2D eigenvalue weighted by Crippen LogP contribution is -2.29. The molecule has 0 bridgehead atoms. The van der Waals surface area contributed by atoms with Gasteiger partial charge in [0.15, 0.2) is 11.5 Å². The summed E-state index contributed by atoms with van der Waals surface area (Å²) in [6.45, 7) is 1.90. The number of amides is 1. The van der Waals surface area contributed by atoms with Gasteiger partial charge in [-0.25, -0.2) is 9.18 Å². The SMILES string of the molecule is CCOC(=O)c1c[nH]c(=O)c(C(CC(=O)NCCc2ccc(F)cc2)c2cc(OC)c3c(c2)OCO3)c1O. The quantitative estimate of drug-likeness (QED) is 0.343. The van der Waals surface area contributed by atoms with E-state index in [1.165, 1.54) is 19.2 Å². The van der Waals surface area contributed by atoms with Gasteiger partial charge in [-0.3, -0.25) is 9.59 Å². The molecule has 11 heteroatoms. The third-order valence-corrected chi connectivity index (χ3v) is 6.07. The van der Waals surface area contributed by atoms with E-state index in [-0.39, 0.29) is 43.3 Å². The summed E-state index contributed by atoms with van der Waals surface area (Å²) in [6, 6.07) is 9.11. The number of methoxy groups -OCH3 is 1. The highest BCUT2D eigenvalue weighted by Crippen LogP contribution is 2.45. The molecule has 0 fully saturated rings. The number of H-pyrrole nitrogens is 1. The molecule has 2 heterocycles. The Morgan fingerprint density at radius 2 is 1.97 bits per heavy atom. The molecule has 0 saturated heterocycles. The first-order valence-electron chi connectivity index (χ1n) is 11.9. The number of aromatic amines is 1. The van der Waals surface area contributed by atoms with Crippen LogP contribution in [0, 0.1) is 5.82 Å². The van der Waals surface area contributed by atoms with Crippen LogP contribution in [0.5, 0.6) is 23.0 Å². The molecule has 1 aliphatic rings. The molecule has 1 amide bonds. The summed E-state index contributed by atoms with van der Waals surface area (Å²) in [5, 5.41) is 13.8. The smallest absolute Gasteiger partial charge is 0.343 e. The number of carbonyl (C=O) groups is 2. The van der Waals surface area contributed by atoms with Crippen LogP contribution in [0.15, 0.2) is 47.4 Å². The van der Waals surface area contributed by atoms with E-state index in [0.717, 1.165) is 11.8 Å². The molecule has 0 saturated carbocycles. The van der Waals surface area contributed by atoms with Crippen LogP contribution in [0.2, 0.25) is 0 Å². The summed E-state index contributed by atoms with van der Waals surface area (Å²) in [6.07, 6.45) is 1.27. The summed E-state index contributed by atoms with van der Waals surface area (Å²) in [4.78, 5) is 40.9. The third-order valence-electron chi connectivity index (χ3n) is 6.07. The van der Waals surface area contributed by atoms with E-state index >= 15 is 0 Å². The van der Waals surface area contributed by atoms with E-state index in [0.29, 0.717) is 29.2 Å². The summed E-state index contributed by atoms with van der Waals surface area (Å²) >= 11 is 0. The predicted molar refractivity (Wildman–Crippen MR) is 133 cm³/mol. The number of hydrogen-bond acceptors (Lipinski definition) is 8. The van der Waals surface area contributed by atoms with Gasteiger partial charge in [-0.2, -0.15) is 0 Å². The first-order valence-corrected chi connectivity index (χ1v) is 11.9. The van der Waals surface area contributed by atoms with Crippen molar-refractivity contribution in [1.29, 1.82) is 0 Å². The molecule has 1 atom stereocenters. The second-order valence-corrected chi connectivity index (χ2v) is 8.45. The van der Waals surface area contributed by atoms with Gasteiger partial charge < -0.3 is 34.4 Å². The molecule has 1 unspecified atom stereocenters. The molecular formula is C27H27FN2O8. The minimum Gasteiger partial charge on any atom is -0.506 e. The second-order valence-electron chi connectivity index (χ2n) is 8.45. The standard InChI is InChI=1S/C27H27FN2O8/c1-3-36-27(34)19-13-30-26(33)23(24(19)32)18(16-10-20(35-2)25-21(11-16)37-14-38-25)12-22(31)29-9-8-15-4-6-17(28)7-5-15/h4-7,10-11,13,18H,3,8-9,12,14H2,1-2H3,(H,29,31)(H2,30,32,33). The van der Waals surface area contributed by atoms with Crippen molar-refractivity contribution in [2.24, 2.45) is 0 Å². The average Bonchev–Trinajstić information content (AvgIpc) is 3.38. The average molecular weight is 527 g/mol. The van der Waals surface area contributed by atoms with Crippen LogP contribution in [0.4, 0.5) is 4.39 Å². The van der Waals surface area contributed by atoms with Crippen molar-refractivity contribution in [3.05, 3.63) is 81.0 Å². The van der Waals surface area contributed by atoms with E-state index in [1.54, 1.807) is 31.2 Å². The molecule has 38 heavy (non-hydrogen) atoms. The van der Waals surface area contributed by atoms with Gasteiger partial charge in [0.05, 0.1) is 19.3 Å². The Morgan fingerprint density at radius 1 is 1.21 bits per heavy atom. The summed E-state index contributed by atoms with van der Waals surface area (Å²) in [5.41, 5.74) is 0.138. The zero-order chi connectivity index (χ0) is 27.2. The van der Waals surface area contributed by atoms with E-state index < -0.39 is 29.1 Å². The highest BCUT2D eigenvalue weighted by Gasteiger charge is 2.31. The number of rotatable bonds is 10. The number of aromatic hydroxyl groups is 1. The maximum Gasteiger partial charge on any atom is 0.343 e. The van der Waals surface area contributed by atoms with Crippen LogP contribution in [-0.4, -0.2) is 49.0 Å². The van der Waals surface area contributed by atoms with Crippen molar-refractivity contribution >= 4 is 11.9 Å². The molecule has 1 aliphatic heterocycles. The molecule has 10 nitrogen and oxygen atoms in total. The molecular weight excluding hydrogens is 499 g/mol. The molecule has 0 aliphatic carbocycles. The number of esters is 1. The number of pyridine rings is 1. The maximum absolute atomic E-state index is 13.2. The summed E-state index contributed by atoms with van der Waals surface area (Å²) in [7, 11) is 1.43. The zero-order valence-electron chi connectivity index (χ0n) is 20.8. The molecule has 3 aromatic rings. The first-order chi connectivity index (χ1) is 18.3. The number of halogens is 1. The Bertz CT molecular complexity index is 1390. The van der Waals surface area contributed by atoms with E-state index in [2.05, 4.69) is 10.3 Å². The Balaban J connectivity index is 1.67. The lowest BCUT2D eigenvalue weighted by molar-refractivity contribution is -0.121. The highest BCUT2D eigenvalue weighted by atomic mass is 19.1. The minimum atomic E-state index is -0.998. The lowest BCUT2D eigenvalue weighted by Gasteiger charge is -2.20. The molecule has 2 aromatic carbocycles. The van der Waals surface area contributed by atoms with E-state index in [9.17, 15) is 23.9 Å². The molecule has 3 N–H and O–H groups in total. The van der Waals surface area contributed by atoms with Crippen molar-refractivity contribution in [2.45, 2.75) is 25.7 Å². The summed E-state index contributed by atoms with van der Waals surface area (Å²) < 4.78 is 34.5. The van der Waals surface area contributed by atoms with E-state index in [1.807, 2.05) is 0 Å². The van der Waals surface area contributed by atoms with Crippen molar-refractivity contribution in [1.82, 2.24) is 10.3 Å². The highest BCUT2D eigenvalue weighted by molar-refractivity contribution is 5.92. The molecule has 4 rings (SSSR count). The number of benzene rings is 2. The predicted octanol–water partition coefficient (Wildman–Crippen LogP) is 3.01. The Hall–Kier alpha value is -4.54. The van der Waals surface area contributed by atoms with Gasteiger partial charge in [0.2, 0.25) is 18.4 Å². The fraction of sp³-hybridized carbons (Fsp3) is 0.296. The Morgan fingerprint density at radius 3 is 2.68 bits per heavy atom. The fourth-order valence-electron chi connectivity index (χ4n) is 4.22. The van der Waals surface area contributed by atoms with Gasteiger partial charge in [0.1, 0.15) is 17.1 Å². The van der Waals surface area contributed by atoms with Crippen LogP contribution in [0.25, 0.3) is 0 Å². The second kappa shape index (κ2) is 11.7. The largest absolute Gasteiger partial charge is 0.506 e. The normalized spacial score (nSPS) is 12.6. The van der Waals surface area contributed by atoms with Gasteiger partial charge >= 0.3 is 5.97 Å². The van der Waals surface area contributed by atoms with Gasteiger partial charge in [-0.05, 0) is 48.7 Å². The number of ether oxygens (including phenoxy) is 4. The number of aromatic nitrogens is 1.